The Hall–Kier alpha value is -2.69. The Morgan fingerprint density at radius 1 is 1.09 bits per heavy atom. The van der Waals surface area contributed by atoms with Crippen molar-refractivity contribution >= 4 is 17.5 Å². The van der Waals surface area contributed by atoms with Crippen LogP contribution in [0.5, 0.6) is 0 Å². The molecule has 0 aliphatic carbocycles. The SMILES string of the molecule is CC[C@@H](C)NC(=O)c1cccc(NC(=O)c2ccccc2F)c1. The van der Waals surface area contributed by atoms with Crippen LogP contribution >= 0.6 is 0 Å². The fourth-order valence-corrected chi connectivity index (χ4v) is 1.99. The number of carbonyl (C=O) groups excluding carboxylic acids is 2. The number of nitrogens with one attached hydrogen (secondary N) is 2. The van der Waals surface area contributed by atoms with Crippen LogP contribution in [0, 0.1) is 5.82 Å². The molecule has 0 heterocycles. The van der Waals surface area contributed by atoms with Gasteiger partial charge in [0.2, 0.25) is 0 Å². The Morgan fingerprint density at radius 3 is 2.52 bits per heavy atom. The van der Waals surface area contributed by atoms with Crippen LogP contribution in [0.1, 0.15) is 41.0 Å². The largest absolute Gasteiger partial charge is 0.350 e. The first kappa shape index (κ1) is 16.7. The normalized spacial score (nSPS) is 11.6. The van der Waals surface area contributed by atoms with Gasteiger partial charge in [0.15, 0.2) is 0 Å². The second-order valence-electron chi connectivity index (χ2n) is 5.30. The molecule has 2 rings (SSSR count). The Bertz CT molecular complexity index is 716. The molecule has 120 valence electrons. The molecule has 0 spiro atoms. The van der Waals surface area contributed by atoms with Crippen LogP contribution in [0.25, 0.3) is 0 Å². The zero-order valence-corrected chi connectivity index (χ0v) is 13.1. The fraction of sp³-hybridized carbons (Fsp3) is 0.222. The van der Waals surface area contributed by atoms with Crippen molar-refractivity contribution in [3.05, 3.63) is 65.5 Å². The van der Waals surface area contributed by atoms with Gasteiger partial charge in [-0.1, -0.05) is 25.1 Å². The number of benzene rings is 2. The Balaban J connectivity index is 2.13. The third kappa shape index (κ3) is 4.39. The van der Waals surface area contributed by atoms with E-state index in [9.17, 15) is 14.0 Å². The molecule has 2 aromatic carbocycles. The minimum Gasteiger partial charge on any atom is -0.350 e. The Morgan fingerprint density at radius 2 is 1.83 bits per heavy atom. The lowest BCUT2D eigenvalue weighted by atomic mass is 10.1. The molecule has 0 aromatic heterocycles. The molecule has 0 aliphatic rings. The van der Waals surface area contributed by atoms with Crippen molar-refractivity contribution in [2.24, 2.45) is 0 Å². The van der Waals surface area contributed by atoms with E-state index < -0.39 is 11.7 Å². The molecule has 2 amide bonds. The van der Waals surface area contributed by atoms with Crippen molar-refractivity contribution in [2.45, 2.75) is 26.3 Å². The van der Waals surface area contributed by atoms with E-state index in [1.807, 2.05) is 13.8 Å². The van der Waals surface area contributed by atoms with Gasteiger partial charge in [-0.15, -0.1) is 0 Å². The highest BCUT2D eigenvalue weighted by Crippen LogP contribution is 2.14. The van der Waals surface area contributed by atoms with Gasteiger partial charge in [0.05, 0.1) is 5.56 Å². The van der Waals surface area contributed by atoms with Crippen molar-refractivity contribution in [1.82, 2.24) is 5.32 Å². The molecule has 4 nitrogen and oxygen atoms in total. The van der Waals surface area contributed by atoms with Crippen LogP contribution in [0.15, 0.2) is 48.5 Å². The maximum Gasteiger partial charge on any atom is 0.258 e. The van der Waals surface area contributed by atoms with E-state index in [-0.39, 0.29) is 17.5 Å². The number of carbonyl (C=O) groups is 2. The van der Waals surface area contributed by atoms with E-state index in [4.69, 9.17) is 0 Å². The van der Waals surface area contributed by atoms with Gasteiger partial charge in [0, 0.05) is 17.3 Å². The number of amides is 2. The van der Waals surface area contributed by atoms with Crippen molar-refractivity contribution in [1.29, 1.82) is 0 Å². The summed E-state index contributed by atoms with van der Waals surface area (Å²) in [5, 5.41) is 5.46. The van der Waals surface area contributed by atoms with E-state index in [0.717, 1.165) is 6.42 Å². The molecular formula is C18H19FN2O2. The topological polar surface area (TPSA) is 58.2 Å². The lowest BCUT2D eigenvalue weighted by molar-refractivity contribution is 0.0938. The van der Waals surface area contributed by atoms with Crippen molar-refractivity contribution < 1.29 is 14.0 Å². The average molecular weight is 314 g/mol. The maximum atomic E-state index is 13.6. The first-order valence-corrected chi connectivity index (χ1v) is 7.48. The van der Waals surface area contributed by atoms with Crippen LogP contribution in [0.4, 0.5) is 10.1 Å². The third-order valence-corrected chi connectivity index (χ3v) is 3.49. The number of hydrogen-bond acceptors (Lipinski definition) is 2. The van der Waals surface area contributed by atoms with Crippen LogP contribution in [0.2, 0.25) is 0 Å². The molecule has 0 radical (unpaired) electrons. The molecule has 0 saturated carbocycles. The van der Waals surface area contributed by atoms with Gasteiger partial charge < -0.3 is 10.6 Å². The van der Waals surface area contributed by atoms with Gasteiger partial charge in [-0.3, -0.25) is 9.59 Å². The van der Waals surface area contributed by atoms with Crippen LogP contribution in [-0.4, -0.2) is 17.9 Å². The summed E-state index contributed by atoms with van der Waals surface area (Å²) >= 11 is 0. The van der Waals surface area contributed by atoms with Gasteiger partial charge in [-0.05, 0) is 43.7 Å². The van der Waals surface area contributed by atoms with E-state index in [2.05, 4.69) is 10.6 Å². The molecular weight excluding hydrogens is 295 g/mol. The summed E-state index contributed by atoms with van der Waals surface area (Å²) in [7, 11) is 0. The number of rotatable bonds is 5. The zero-order chi connectivity index (χ0) is 16.8. The molecule has 0 bridgehead atoms. The summed E-state index contributed by atoms with van der Waals surface area (Å²) in [6.45, 7) is 3.90. The quantitative estimate of drug-likeness (QED) is 0.886. The van der Waals surface area contributed by atoms with Gasteiger partial charge in [-0.25, -0.2) is 4.39 Å². The van der Waals surface area contributed by atoms with E-state index in [1.165, 1.54) is 18.2 Å². The van der Waals surface area contributed by atoms with Gasteiger partial charge in [0.1, 0.15) is 5.82 Å². The van der Waals surface area contributed by atoms with Crippen LogP contribution in [-0.2, 0) is 0 Å². The third-order valence-electron chi connectivity index (χ3n) is 3.49. The van der Waals surface area contributed by atoms with Gasteiger partial charge in [0.25, 0.3) is 11.8 Å². The standard InChI is InChI=1S/C18H19FN2O2/c1-3-12(2)20-17(22)13-7-6-8-14(11-13)21-18(23)15-9-4-5-10-16(15)19/h4-12H,3H2,1-2H3,(H,20,22)(H,21,23)/t12-/m1/s1. The summed E-state index contributed by atoms with van der Waals surface area (Å²) in [5.41, 5.74) is 0.841. The summed E-state index contributed by atoms with van der Waals surface area (Å²) in [4.78, 5) is 24.2. The van der Waals surface area contributed by atoms with Crippen LogP contribution in [0.3, 0.4) is 0 Å². The number of halogens is 1. The summed E-state index contributed by atoms with van der Waals surface area (Å²) < 4.78 is 13.6. The average Bonchev–Trinajstić information content (AvgIpc) is 2.55. The van der Waals surface area contributed by atoms with E-state index in [1.54, 1.807) is 30.3 Å². The highest BCUT2D eigenvalue weighted by atomic mass is 19.1. The molecule has 0 unspecified atom stereocenters. The minimum atomic E-state index is -0.587. The predicted octanol–water partition coefficient (Wildman–Crippen LogP) is 3.61. The molecule has 5 heteroatoms. The first-order valence-electron chi connectivity index (χ1n) is 7.48. The summed E-state index contributed by atoms with van der Waals surface area (Å²) in [6.07, 6.45) is 0.829. The van der Waals surface area contributed by atoms with Gasteiger partial charge in [-0.2, -0.15) is 0 Å². The molecule has 0 saturated heterocycles. The lowest BCUT2D eigenvalue weighted by Crippen LogP contribution is -2.31. The van der Waals surface area contributed by atoms with Crippen molar-refractivity contribution in [3.63, 3.8) is 0 Å². The van der Waals surface area contributed by atoms with E-state index >= 15 is 0 Å². The monoisotopic (exact) mass is 314 g/mol. The molecule has 0 fully saturated rings. The number of anilines is 1. The molecule has 1 atom stereocenters. The highest BCUT2D eigenvalue weighted by Gasteiger charge is 2.13. The van der Waals surface area contributed by atoms with Crippen molar-refractivity contribution in [3.8, 4) is 0 Å². The van der Waals surface area contributed by atoms with E-state index in [0.29, 0.717) is 11.3 Å². The highest BCUT2D eigenvalue weighted by molar-refractivity contribution is 6.05. The second-order valence-corrected chi connectivity index (χ2v) is 5.30. The minimum absolute atomic E-state index is 0.0399. The predicted molar refractivity (Wildman–Crippen MR) is 88.0 cm³/mol. The zero-order valence-electron chi connectivity index (χ0n) is 13.1. The lowest BCUT2D eigenvalue weighted by Gasteiger charge is -2.12. The molecule has 0 aliphatic heterocycles. The summed E-state index contributed by atoms with van der Waals surface area (Å²) in [5.74, 6) is -1.35. The Labute approximate surface area is 134 Å². The van der Waals surface area contributed by atoms with Crippen molar-refractivity contribution in [2.75, 3.05) is 5.32 Å². The molecule has 23 heavy (non-hydrogen) atoms. The Kier molecular flexibility index (Phi) is 5.46. The number of hydrogen-bond donors (Lipinski definition) is 2. The summed E-state index contributed by atoms with van der Waals surface area (Å²) in [6, 6.07) is 12.4. The fourth-order valence-electron chi connectivity index (χ4n) is 1.99. The second kappa shape index (κ2) is 7.54. The first-order chi connectivity index (χ1) is 11.0. The van der Waals surface area contributed by atoms with Crippen LogP contribution < -0.4 is 10.6 Å². The maximum absolute atomic E-state index is 13.6. The molecule has 2 N–H and O–H groups in total. The van der Waals surface area contributed by atoms with Gasteiger partial charge >= 0.3 is 0 Å². The molecule has 2 aromatic rings. The smallest absolute Gasteiger partial charge is 0.258 e.